The lowest BCUT2D eigenvalue weighted by molar-refractivity contribution is -0.131. The van der Waals surface area contributed by atoms with Gasteiger partial charge in [-0.2, -0.15) is 10.2 Å². The number of rotatable bonds is 7. The van der Waals surface area contributed by atoms with E-state index in [0.717, 1.165) is 25.1 Å². The van der Waals surface area contributed by atoms with Crippen molar-refractivity contribution in [3.05, 3.63) is 34.4 Å². The highest BCUT2D eigenvalue weighted by Gasteiger charge is 2.34. The van der Waals surface area contributed by atoms with E-state index >= 15 is 0 Å². The van der Waals surface area contributed by atoms with Gasteiger partial charge in [0.2, 0.25) is 5.91 Å². The number of aryl methyl sites for hydroxylation is 1. The van der Waals surface area contributed by atoms with Crippen molar-refractivity contribution in [3.63, 3.8) is 0 Å². The first-order chi connectivity index (χ1) is 11.9. The van der Waals surface area contributed by atoms with Crippen molar-refractivity contribution in [1.29, 1.82) is 0 Å². The van der Waals surface area contributed by atoms with Gasteiger partial charge in [-0.15, -0.1) is 0 Å². The molecule has 9 heteroatoms. The van der Waals surface area contributed by atoms with Crippen molar-refractivity contribution >= 4 is 17.5 Å². The minimum Gasteiger partial charge on any atom is -0.338 e. The molecule has 0 aliphatic heterocycles. The van der Waals surface area contributed by atoms with Crippen LogP contribution in [0.1, 0.15) is 49.2 Å². The molecule has 0 radical (unpaired) electrons. The number of halogens is 3. The molecule has 0 saturated heterocycles. The van der Waals surface area contributed by atoms with Crippen LogP contribution in [-0.4, -0.2) is 37.4 Å². The van der Waals surface area contributed by atoms with E-state index in [-0.39, 0.29) is 23.4 Å². The smallest absolute Gasteiger partial charge is 0.283 e. The lowest BCUT2D eigenvalue weighted by atomic mass is 10.2. The summed E-state index contributed by atoms with van der Waals surface area (Å²) in [7, 11) is 1.66. The standard InChI is InChI=1S/C16H20ClF2N5O/c1-3-23-7-6-11(20-23)8-22(2)12(25)9-24-15(10-4-5-10)13(17)14(21-24)16(18)19/h6-7,10,16H,3-5,8-9H2,1-2H3. The normalized spacial score (nSPS) is 14.3. The van der Waals surface area contributed by atoms with Gasteiger partial charge in [0.15, 0.2) is 0 Å². The molecule has 136 valence electrons. The van der Waals surface area contributed by atoms with E-state index in [0.29, 0.717) is 12.2 Å². The second-order valence-corrected chi connectivity index (χ2v) is 6.61. The van der Waals surface area contributed by atoms with E-state index in [1.54, 1.807) is 11.7 Å². The molecule has 0 atom stereocenters. The first kappa shape index (κ1) is 17.8. The van der Waals surface area contributed by atoms with Crippen molar-refractivity contribution in [2.75, 3.05) is 7.05 Å². The van der Waals surface area contributed by atoms with Crippen LogP contribution in [0.3, 0.4) is 0 Å². The Bertz CT molecular complexity index is 769. The van der Waals surface area contributed by atoms with Crippen LogP contribution in [0.15, 0.2) is 12.3 Å². The van der Waals surface area contributed by atoms with Crippen LogP contribution in [0.25, 0.3) is 0 Å². The summed E-state index contributed by atoms with van der Waals surface area (Å²) in [6.45, 7) is 2.97. The first-order valence-electron chi connectivity index (χ1n) is 8.21. The molecule has 0 spiro atoms. The predicted molar refractivity (Wildman–Crippen MR) is 88.5 cm³/mol. The second-order valence-electron chi connectivity index (χ2n) is 6.23. The van der Waals surface area contributed by atoms with Crippen LogP contribution in [0, 0.1) is 0 Å². The predicted octanol–water partition coefficient (Wildman–Crippen LogP) is 3.23. The van der Waals surface area contributed by atoms with Gasteiger partial charge < -0.3 is 4.90 Å². The van der Waals surface area contributed by atoms with Gasteiger partial charge in [0.05, 0.1) is 23.0 Å². The van der Waals surface area contributed by atoms with Crippen LogP contribution in [0.5, 0.6) is 0 Å². The molecule has 3 rings (SSSR count). The third kappa shape index (κ3) is 3.84. The molecular formula is C16H20ClF2N5O. The van der Waals surface area contributed by atoms with E-state index < -0.39 is 12.1 Å². The van der Waals surface area contributed by atoms with E-state index in [1.165, 1.54) is 9.58 Å². The SMILES string of the molecule is CCn1ccc(CN(C)C(=O)Cn2nc(C(F)F)c(Cl)c2C2CC2)n1. The average molecular weight is 372 g/mol. The van der Waals surface area contributed by atoms with Gasteiger partial charge in [-0.3, -0.25) is 14.2 Å². The Balaban J connectivity index is 1.72. The minimum atomic E-state index is -2.75. The summed E-state index contributed by atoms with van der Waals surface area (Å²) in [5, 5.41) is 8.22. The number of hydrogen-bond donors (Lipinski definition) is 0. The monoisotopic (exact) mass is 371 g/mol. The van der Waals surface area contributed by atoms with Crippen LogP contribution < -0.4 is 0 Å². The Morgan fingerprint density at radius 1 is 1.44 bits per heavy atom. The Labute approximate surface area is 149 Å². The molecule has 0 bridgehead atoms. The fourth-order valence-corrected chi connectivity index (χ4v) is 3.10. The Morgan fingerprint density at radius 2 is 2.16 bits per heavy atom. The number of aromatic nitrogens is 4. The average Bonchev–Trinajstić information content (AvgIpc) is 3.20. The van der Waals surface area contributed by atoms with E-state index in [1.807, 2.05) is 19.2 Å². The molecule has 6 nitrogen and oxygen atoms in total. The zero-order valence-corrected chi connectivity index (χ0v) is 14.9. The van der Waals surface area contributed by atoms with Crippen molar-refractivity contribution in [2.24, 2.45) is 0 Å². The van der Waals surface area contributed by atoms with E-state index in [2.05, 4.69) is 10.2 Å². The highest BCUT2D eigenvalue weighted by atomic mass is 35.5. The van der Waals surface area contributed by atoms with Gasteiger partial charge >= 0.3 is 0 Å². The zero-order valence-electron chi connectivity index (χ0n) is 14.1. The topological polar surface area (TPSA) is 56.0 Å². The molecule has 2 heterocycles. The van der Waals surface area contributed by atoms with E-state index in [9.17, 15) is 13.6 Å². The van der Waals surface area contributed by atoms with Crippen LogP contribution in [0.2, 0.25) is 5.02 Å². The number of hydrogen-bond acceptors (Lipinski definition) is 3. The summed E-state index contributed by atoms with van der Waals surface area (Å²) in [6, 6.07) is 1.85. The molecule has 1 saturated carbocycles. The second kappa shape index (κ2) is 7.11. The largest absolute Gasteiger partial charge is 0.338 e. The maximum Gasteiger partial charge on any atom is 0.283 e. The Morgan fingerprint density at radius 3 is 2.72 bits per heavy atom. The summed E-state index contributed by atoms with van der Waals surface area (Å²) < 4.78 is 29.2. The highest BCUT2D eigenvalue weighted by molar-refractivity contribution is 6.32. The summed E-state index contributed by atoms with van der Waals surface area (Å²) in [5.74, 6) is -0.112. The molecule has 0 unspecified atom stereocenters. The molecule has 1 fully saturated rings. The van der Waals surface area contributed by atoms with E-state index in [4.69, 9.17) is 11.6 Å². The third-order valence-corrected chi connectivity index (χ3v) is 4.64. The van der Waals surface area contributed by atoms with Crippen molar-refractivity contribution in [2.45, 2.75) is 51.7 Å². The maximum atomic E-state index is 13.1. The summed E-state index contributed by atoms with van der Waals surface area (Å²) >= 11 is 6.07. The number of nitrogens with zero attached hydrogens (tertiary/aromatic N) is 5. The molecule has 1 aliphatic carbocycles. The van der Waals surface area contributed by atoms with Crippen LogP contribution >= 0.6 is 11.6 Å². The molecule has 25 heavy (non-hydrogen) atoms. The van der Waals surface area contributed by atoms with Gasteiger partial charge in [0.1, 0.15) is 12.2 Å². The molecule has 0 aromatic carbocycles. The number of carbonyl (C=O) groups is 1. The number of likely N-dealkylation sites (N-methyl/N-ethyl adjacent to an activating group) is 1. The van der Waals surface area contributed by atoms with Gasteiger partial charge in [-0.1, -0.05) is 11.6 Å². The zero-order chi connectivity index (χ0) is 18.1. The molecule has 1 aliphatic rings. The molecular weight excluding hydrogens is 352 g/mol. The summed E-state index contributed by atoms with van der Waals surface area (Å²) in [5.41, 5.74) is 0.876. The number of amides is 1. The first-order valence-corrected chi connectivity index (χ1v) is 8.59. The molecule has 0 N–H and O–H groups in total. The van der Waals surface area contributed by atoms with Crippen molar-refractivity contribution in [3.8, 4) is 0 Å². The molecule has 1 amide bonds. The van der Waals surface area contributed by atoms with Gasteiger partial charge in [0, 0.05) is 25.7 Å². The van der Waals surface area contributed by atoms with Gasteiger partial charge in [-0.05, 0) is 25.8 Å². The van der Waals surface area contributed by atoms with Crippen LogP contribution in [-0.2, 0) is 24.4 Å². The van der Waals surface area contributed by atoms with Gasteiger partial charge in [0.25, 0.3) is 6.43 Å². The number of alkyl halides is 2. The van der Waals surface area contributed by atoms with Crippen molar-refractivity contribution < 1.29 is 13.6 Å². The lowest BCUT2D eigenvalue weighted by Crippen LogP contribution is -2.30. The highest BCUT2D eigenvalue weighted by Crippen LogP contribution is 2.45. The summed E-state index contributed by atoms with van der Waals surface area (Å²) in [6.07, 6.45) is 0.859. The molecule has 2 aromatic rings. The Kier molecular flexibility index (Phi) is 5.08. The third-order valence-electron chi connectivity index (χ3n) is 4.26. The number of carbonyl (C=O) groups excluding carboxylic acids is 1. The quantitative estimate of drug-likeness (QED) is 0.750. The van der Waals surface area contributed by atoms with Gasteiger partial charge in [-0.25, -0.2) is 8.78 Å². The minimum absolute atomic E-state index is 0.00496. The fraction of sp³-hybridized carbons (Fsp3) is 0.562. The lowest BCUT2D eigenvalue weighted by Gasteiger charge is -2.17. The summed E-state index contributed by atoms with van der Waals surface area (Å²) in [4.78, 5) is 14.0. The maximum absolute atomic E-state index is 13.1. The fourth-order valence-electron chi connectivity index (χ4n) is 2.72. The Hall–Kier alpha value is -1.96. The van der Waals surface area contributed by atoms with Crippen molar-refractivity contribution in [1.82, 2.24) is 24.5 Å². The molecule has 2 aromatic heterocycles. The van der Waals surface area contributed by atoms with Crippen LogP contribution in [0.4, 0.5) is 8.78 Å².